The van der Waals surface area contributed by atoms with Crippen LogP contribution in [0.2, 0.25) is 0 Å². The van der Waals surface area contributed by atoms with Gasteiger partial charge in [-0.05, 0) is 0 Å². The number of nitrogens with zero attached hydrogens (tertiary/aromatic N) is 1. The van der Waals surface area contributed by atoms with Gasteiger partial charge in [0.15, 0.2) is 0 Å². The number of aliphatic imine (C=N–C) groups is 1. The van der Waals surface area contributed by atoms with Gasteiger partial charge in [0.2, 0.25) is 0 Å². The van der Waals surface area contributed by atoms with Crippen molar-refractivity contribution < 1.29 is 14.6 Å². The molecule has 0 fully saturated rings. The molecule has 0 amide bonds. The molecule has 0 rings (SSSR count). The summed E-state index contributed by atoms with van der Waals surface area (Å²) in [5, 5.41) is 8.02. The molecule has 4 heteroatoms. The largest absolute Gasteiger partial charge is 0.477 e. The molecule has 4 nitrogen and oxygen atoms in total. The van der Waals surface area contributed by atoms with Crippen molar-refractivity contribution in [1.29, 1.82) is 0 Å². The van der Waals surface area contributed by atoms with Crippen LogP contribution >= 0.6 is 0 Å². The quantitative estimate of drug-likeness (QED) is 0.424. The molecule has 0 aliphatic carbocycles. The molecule has 9 heavy (non-hydrogen) atoms. The van der Waals surface area contributed by atoms with Gasteiger partial charge in [-0.25, -0.2) is 4.79 Å². The van der Waals surface area contributed by atoms with Crippen LogP contribution in [0.4, 0.5) is 0 Å². The zero-order valence-corrected chi connectivity index (χ0v) is 5.20. The maximum atomic E-state index is 9.77. The second-order valence-corrected chi connectivity index (χ2v) is 1.37. The number of aliphatic carboxylic acids is 1. The molecular formula is C5H9NO3. The lowest BCUT2D eigenvalue weighted by Gasteiger charge is -1.88. The van der Waals surface area contributed by atoms with Crippen molar-refractivity contribution >= 4 is 12.2 Å². The molecule has 0 aromatic heterocycles. The van der Waals surface area contributed by atoms with E-state index in [1.165, 1.54) is 7.11 Å². The van der Waals surface area contributed by atoms with Crippen LogP contribution in [-0.2, 0) is 9.53 Å². The molecule has 0 atom stereocenters. The molecule has 0 aromatic carbocycles. The number of carboxylic acids is 1. The van der Waals surface area contributed by atoms with E-state index >= 15 is 0 Å². The third kappa shape index (κ3) is 7.10. The SMILES string of the molecule is COCC/N=C\C(=O)O. The minimum atomic E-state index is -1.02. The highest BCUT2D eigenvalue weighted by molar-refractivity contribution is 6.21. The van der Waals surface area contributed by atoms with E-state index in [0.717, 1.165) is 6.21 Å². The van der Waals surface area contributed by atoms with Crippen LogP contribution in [0, 0.1) is 0 Å². The molecule has 0 spiro atoms. The summed E-state index contributed by atoms with van der Waals surface area (Å²) < 4.78 is 4.62. The monoisotopic (exact) mass is 131 g/mol. The van der Waals surface area contributed by atoms with Crippen molar-refractivity contribution in [3.8, 4) is 0 Å². The maximum absolute atomic E-state index is 9.77. The van der Waals surface area contributed by atoms with Crippen LogP contribution in [-0.4, -0.2) is 37.6 Å². The van der Waals surface area contributed by atoms with Crippen molar-refractivity contribution in [2.75, 3.05) is 20.3 Å². The average Bonchev–Trinajstić information content (AvgIpc) is 1.80. The smallest absolute Gasteiger partial charge is 0.346 e. The molecule has 0 saturated heterocycles. The van der Waals surface area contributed by atoms with Crippen molar-refractivity contribution in [2.24, 2.45) is 4.99 Å². The van der Waals surface area contributed by atoms with Crippen molar-refractivity contribution in [3.05, 3.63) is 0 Å². The van der Waals surface area contributed by atoms with Crippen LogP contribution in [0.3, 0.4) is 0 Å². The van der Waals surface area contributed by atoms with Gasteiger partial charge in [-0.3, -0.25) is 4.99 Å². The number of methoxy groups -OCH3 is 1. The summed E-state index contributed by atoms with van der Waals surface area (Å²) in [6.45, 7) is 0.868. The number of rotatable bonds is 4. The first-order valence-corrected chi connectivity index (χ1v) is 2.49. The van der Waals surface area contributed by atoms with Crippen LogP contribution in [0.1, 0.15) is 0 Å². The van der Waals surface area contributed by atoms with E-state index in [4.69, 9.17) is 5.11 Å². The number of carboxylic acid groups (broad SMARTS) is 1. The Hall–Kier alpha value is -0.900. The van der Waals surface area contributed by atoms with Crippen LogP contribution in [0.15, 0.2) is 4.99 Å². The Morgan fingerprint density at radius 3 is 3.00 bits per heavy atom. The van der Waals surface area contributed by atoms with E-state index < -0.39 is 5.97 Å². The van der Waals surface area contributed by atoms with E-state index in [1.54, 1.807) is 0 Å². The highest BCUT2D eigenvalue weighted by Gasteiger charge is 1.84. The highest BCUT2D eigenvalue weighted by Crippen LogP contribution is 1.69. The minimum Gasteiger partial charge on any atom is -0.477 e. The predicted octanol–water partition coefficient (Wildman–Crippen LogP) is -0.212. The lowest BCUT2D eigenvalue weighted by Crippen LogP contribution is -1.98. The van der Waals surface area contributed by atoms with Crippen molar-refractivity contribution in [1.82, 2.24) is 0 Å². The Bertz CT molecular complexity index is 111. The first-order chi connectivity index (χ1) is 4.27. The molecule has 0 radical (unpaired) electrons. The fourth-order valence-corrected chi connectivity index (χ4v) is 0.287. The Morgan fingerprint density at radius 2 is 2.56 bits per heavy atom. The van der Waals surface area contributed by atoms with Crippen LogP contribution in [0.5, 0.6) is 0 Å². The summed E-state index contributed by atoms with van der Waals surface area (Å²) in [4.78, 5) is 13.3. The highest BCUT2D eigenvalue weighted by atomic mass is 16.5. The summed E-state index contributed by atoms with van der Waals surface area (Å²) in [6.07, 6.45) is 0.860. The summed E-state index contributed by atoms with van der Waals surface area (Å²) in [7, 11) is 1.54. The molecule has 0 aromatic rings. The number of hydrogen-bond acceptors (Lipinski definition) is 3. The summed E-state index contributed by atoms with van der Waals surface area (Å²) >= 11 is 0. The van der Waals surface area contributed by atoms with E-state index in [1.807, 2.05) is 0 Å². The summed E-state index contributed by atoms with van der Waals surface area (Å²) in [6, 6.07) is 0. The topological polar surface area (TPSA) is 58.9 Å². The third-order valence-corrected chi connectivity index (χ3v) is 0.626. The number of carbonyl (C=O) groups is 1. The van der Waals surface area contributed by atoms with E-state index in [9.17, 15) is 4.79 Å². The van der Waals surface area contributed by atoms with Gasteiger partial charge < -0.3 is 9.84 Å². The van der Waals surface area contributed by atoms with Gasteiger partial charge in [-0.15, -0.1) is 0 Å². The summed E-state index contributed by atoms with van der Waals surface area (Å²) in [5.74, 6) is -1.02. The molecule has 0 bridgehead atoms. The van der Waals surface area contributed by atoms with Gasteiger partial charge in [0.05, 0.1) is 13.2 Å². The number of hydrogen-bond donors (Lipinski definition) is 1. The molecular weight excluding hydrogens is 122 g/mol. The van der Waals surface area contributed by atoms with Crippen molar-refractivity contribution in [3.63, 3.8) is 0 Å². The normalized spacial score (nSPS) is 10.3. The molecule has 0 saturated carbocycles. The fraction of sp³-hybridized carbons (Fsp3) is 0.600. The second kappa shape index (κ2) is 5.24. The zero-order chi connectivity index (χ0) is 7.11. The Labute approximate surface area is 53.2 Å². The lowest BCUT2D eigenvalue weighted by molar-refractivity contribution is -0.128. The van der Waals surface area contributed by atoms with Crippen LogP contribution < -0.4 is 0 Å². The second-order valence-electron chi connectivity index (χ2n) is 1.37. The molecule has 52 valence electrons. The minimum absolute atomic E-state index is 0.406. The van der Waals surface area contributed by atoms with Gasteiger partial charge in [0, 0.05) is 7.11 Å². The van der Waals surface area contributed by atoms with Gasteiger partial charge in [-0.1, -0.05) is 0 Å². The Kier molecular flexibility index (Phi) is 4.72. The summed E-state index contributed by atoms with van der Waals surface area (Å²) in [5.41, 5.74) is 0. The maximum Gasteiger partial charge on any atom is 0.346 e. The standard InChI is InChI=1S/C5H9NO3/c1-9-3-2-6-4-5(7)8/h4H,2-3H2,1H3,(H,7,8)/b6-4-. The molecule has 0 heterocycles. The third-order valence-electron chi connectivity index (χ3n) is 0.626. The van der Waals surface area contributed by atoms with Crippen molar-refractivity contribution in [2.45, 2.75) is 0 Å². The Balaban J connectivity index is 3.15. The van der Waals surface area contributed by atoms with Gasteiger partial charge in [0.25, 0.3) is 0 Å². The van der Waals surface area contributed by atoms with E-state index in [2.05, 4.69) is 9.73 Å². The molecule has 0 aliphatic rings. The fourth-order valence-electron chi connectivity index (χ4n) is 0.287. The first-order valence-electron chi connectivity index (χ1n) is 2.49. The average molecular weight is 131 g/mol. The number of ether oxygens (including phenoxy) is 1. The zero-order valence-electron chi connectivity index (χ0n) is 5.20. The van der Waals surface area contributed by atoms with Crippen LogP contribution in [0.25, 0.3) is 0 Å². The predicted molar refractivity (Wildman–Crippen MR) is 32.9 cm³/mol. The van der Waals surface area contributed by atoms with Gasteiger partial charge in [0.1, 0.15) is 6.21 Å². The molecule has 0 unspecified atom stereocenters. The Morgan fingerprint density at radius 1 is 1.89 bits per heavy atom. The van der Waals surface area contributed by atoms with E-state index in [-0.39, 0.29) is 0 Å². The van der Waals surface area contributed by atoms with Gasteiger partial charge >= 0.3 is 5.97 Å². The van der Waals surface area contributed by atoms with Gasteiger partial charge in [-0.2, -0.15) is 0 Å². The first kappa shape index (κ1) is 8.10. The van der Waals surface area contributed by atoms with E-state index in [0.29, 0.717) is 13.2 Å². The molecule has 1 N–H and O–H groups in total. The lowest BCUT2D eigenvalue weighted by atomic mass is 10.7. The molecule has 0 aliphatic heterocycles.